The van der Waals surface area contributed by atoms with Gasteiger partial charge in [-0.3, -0.25) is 4.79 Å². The zero-order chi connectivity index (χ0) is 15.1. The summed E-state index contributed by atoms with van der Waals surface area (Å²) in [6.45, 7) is 0.974. The smallest absolute Gasteiger partial charge is 0.251 e. The molecule has 0 unspecified atom stereocenters. The molecule has 0 aliphatic rings. The highest BCUT2D eigenvalue weighted by molar-refractivity contribution is 5.94. The third-order valence-electron chi connectivity index (χ3n) is 3.16. The van der Waals surface area contributed by atoms with Crippen molar-refractivity contribution in [3.05, 3.63) is 70.8 Å². The van der Waals surface area contributed by atoms with Crippen molar-refractivity contribution in [3.63, 3.8) is 0 Å². The predicted octanol–water partition coefficient (Wildman–Crippen LogP) is 2.26. The highest BCUT2D eigenvalue weighted by Gasteiger charge is 2.06. The van der Waals surface area contributed by atoms with Crippen molar-refractivity contribution in [1.82, 2.24) is 5.32 Å². The van der Waals surface area contributed by atoms with E-state index in [4.69, 9.17) is 9.84 Å². The van der Waals surface area contributed by atoms with Crippen LogP contribution in [0.1, 0.15) is 27.0 Å². The molecule has 0 atom stereocenters. The number of hydrogen-bond acceptors (Lipinski definition) is 3. The van der Waals surface area contributed by atoms with Crippen molar-refractivity contribution in [1.29, 1.82) is 0 Å². The molecule has 0 radical (unpaired) electrons. The van der Waals surface area contributed by atoms with Gasteiger partial charge in [0.2, 0.25) is 0 Å². The number of carbonyl (C=O) groups excluding carboxylic acids is 1. The summed E-state index contributed by atoms with van der Waals surface area (Å²) < 4.78 is 5.06. The van der Waals surface area contributed by atoms with Gasteiger partial charge in [0.25, 0.3) is 5.91 Å². The summed E-state index contributed by atoms with van der Waals surface area (Å²) in [5.74, 6) is -0.112. The van der Waals surface area contributed by atoms with Gasteiger partial charge >= 0.3 is 0 Å². The lowest BCUT2D eigenvalue weighted by molar-refractivity contribution is 0.0950. The predicted molar refractivity (Wildman–Crippen MR) is 80.7 cm³/mol. The lowest BCUT2D eigenvalue weighted by Crippen LogP contribution is -2.22. The molecule has 0 saturated heterocycles. The van der Waals surface area contributed by atoms with E-state index in [-0.39, 0.29) is 12.5 Å². The van der Waals surface area contributed by atoms with Crippen LogP contribution in [0, 0.1) is 0 Å². The van der Waals surface area contributed by atoms with Crippen molar-refractivity contribution in [2.24, 2.45) is 0 Å². The molecule has 4 heteroatoms. The number of carbonyl (C=O) groups is 1. The average Bonchev–Trinajstić information content (AvgIpc) is 2.53. The minimum absolute atomic E-state index is 0.0267. The van der Waals surface area contributed by atoms with Crippen LogP contribution in [0.3, 0.4) is 0 Å². The molecule has 2 aromatic carbocycles. The van der Waals surface area contributed by atoms with Crippen LogP contribution >= 0.6 is 0 Å². The maximum Gasteiger partial charge on any atom is 0.251 e. The summed E-state index contributed by atoms with van der Waals surface area (Å²) in [4.78, 5) is 12.1. The normalized spacial score (nSPS) is 10.4. The minimum atomic E-state index is -0.112. The first-order valence-electron chi connectivity index (χ1n) is 6.77. The molecule has 0 saturated carbocycles. The molecule has 1 amide bonds. The second-order valence-corrected chi connectivity index (χ2v) is 4.79. The molecule has 4 nitrogen and oxygen atoms in total. The van der Waals surface area contributed by atoms with Gasteiger partial charge in [0.05, 0.1) is 13.2 Å². The first-order chi connectivity index (χ1) is 10.2. The standard InChI is InChI=1S/C17H19NO3/c1-21-12-15-3-2-4-16(9-15)17(20)18-10-13-5-7-14(11-19)8-6-13/h2-9,19H,10-12H2,1H3,(H,18,20). The second-order valence-electron chi connectivity index (χ2n) is 4.79. The molecule has 2 rings (SSSR count). The summed E-state index contributed by atoms with van der Waals surface area (Å²) in [7, 11) is 1.63. The van der Waals surface area contributed by atoms with Crippen LogP contribution in [0.2, 0.25) is 0 Å². The first-order valence-corrected chi connectivity index (χ1v) is 6.77. The molecule has 0 bridgehead atoms. The van der Waals surface area contributed by atoms with E-state index in [1.165, 1.54) is 0 Å². The Hall–Kier alpha value is -2.17. The van der Waals surface area contributed by atoms with Gasteiger partial charge in [0.15, 0.2) is 0 Å². The molecular formula is C17H19NO3. The van der Waals surface area contributed by atoms with Gasteiger partial charge in [-0.2, -0.15) is 0 Å². The van der Waals surface area contributed by atoms with Gasteiger partial charge in [-0.05, 0) is 28.8 Å². The summed E-state index contributed by atoms with van der Waals surface area (Å²) in [5.41, 5.74) is 3.44. The maximum atomic E-state index is 12.1. The number of ether oxygens (including phenoxy) is 1. The van der Waals surface area contributed by atoms with Gasteiger partial charge in [0.1, 0.15) is 0 Å². The van der Waals surface area contributed by atoms with Crippen molar-refractivity contribution in [3.8, 4) is 0 Å². The number of hydrogen-bond donors (Lipinski definition) is 2. The van der Waals surface area contributed by atoms with Crippen LogP contribution < -0.4 is 5.32 Å². The van der Waals surface area contributed by atoms with Crippen LogP contribution in [0.4, 0.5) is 0 Å². The first kappa shape index (κ1) is 15.2. The van der Waals surface area contributed by atoms with E-state index in [9.17, 15) is 4.79 Å². The number of benzene rings is 2. The Bertz CT molecular complexity index is 593. The van der Waals surface area contributed by atoms with E-state index < -0.39 is 0 Å². The Kier molecular flexibility index (Phi) is 5.49. The monoisotopic (exact) mass is 285 g/mol. The van der Waals surface area contributed by atoms with Crippen LogP contribution in [-0.2, 0) is 24.5 Å². The zero-order valence-electron chi connectivity index (χ0n) is 12.0. The Balaban J connectivity index is 1.95. The van der Waals surface area contributed by atoms with Crippen molar-refractivity contribution in [2.75, 3.05) is 7.11 Å². The van der Waals surface area contributed by atoms with Crippen LogP contribution in [0.25, 0.3) is 0 Å². The third-order valence-corrected chi connectivity index (χ3v) is 3.16. The second kappa shape index (κ2) is 7.57. The van der Waals surface area contributed by atoms with Crippen molar-refractivity contribution in [2.45, 2.75) is 19.8 Å². The molecule has 2 N–H and O–H groups in total. The molecule has 21 heavy (non-hydrogen) atoms. The maximum absolute atomic E-state index is 12.1. The van der Waals surface area contributed by atoms with Gasteiger partial charge in [-0.15, -0.1) is 0 Å². The van der Waals surface area contributed by atoms with Gasteiger partial charge in [0, 0.05) is 19.2 Å². The number of methoxy groups -OCH3 is 1. The lowest BCUT2D eigenvalue weighted by atomic mass is 10.1. The number of nitrogens with one attached hydrogen (secondary N) is 1. The number of rotatable bonds is 6. The van der Waals surface area contributed by atoms with Gasteiger partial charge in [-0.25, -0.2) is 0 Å². The fourth-order valence-corrected chi connectivity index (χ4v) is 2.02. The van der Waals surface area contributed by atoms with Gasteiger partial charge < -0.3 is 15.2 Å². The number of amides is 1. The summed E-state index contributed by atoms with van der Waals surface area (Å²) in [6, 6.07) is 14.9. The topological polar surface area (TPSA) is 58.6 Å². The molecule has 0 heterocycles. The SMILES string of the molecule is COCc1cccc(C(=O)NCc2ccc(CO)cc2)c1. The van der Waals surface area contributed by atoms with E-state index >= 15 is 0 Å². The van der Waals surface area contributed by atoms with E-state index in [0.717, 1.165) is 16.7 Å². The minimum Gasteiger partial charge on any atom is -0.392 e. The highest BCUT2D eigenvalue weighted by Crippen LogP contribution is 2.08. The van der Waals surface area contributed by atoms with E-state index in [0.29, 0.717) is 18.7 Å². The van der Waals surface area contributed by atoms with E-state index in [1.54, 1.807) is 13.2 Å². The van der Waals surface area contributed by atoms with E-state index in [2.05, 4.69) is 5.32 Å². The largest absolute Gasteiger partial charge is 0.392 e. The third kappa shape index (κ3) is 4.41. The summed E-state index contributed by atoms with van der Waals surface area (Å²) in [6.07, 6.45) is 0. The molecule has 0 spiro atoms. The molecule has 0 aliphatic heterocycles. The molecule has 0 aliphatic carbocycles. The van der Waals surface area contributed by atoms with Crippen LogP contribution in [0.5, 0.6) is 0 Å². The Morgan fingerprint density at radius 2 is 1.81 bits per heavy atom. The molecular weight excluding hydrogens is 266 g/mol. The number of aliphatic hydroxyl groups excluding tert-OH is 1. The molecule has 0 aromatic heterocycles. The summed E-state index contributed by atoms with van der Waals surface area (Å²) in [5, 5.41) is 11.9. The number of aliphatic hydroxyl groups is 1. The zero-order valence-corrected chi connectivity index (χ0v) is 12.0. The quantitative estimate of drug-likeness (QED) is 0.856. The molecule has 0 fully saturated rings. The lowest BCUT2D eigenvalue weighted by Gasteiger charge is -2.07. The Labute approximate surface area is 124 Å². The fraction of sp³-hybridized carbons (Fsp3) is 0.235. The fourth-order valence-electron chi connectivity index (χ4n) is 2.02. The van der Waals surface area contributed by atoms with Gasteiger partial charge in [-0.1, -0.05) is 36.4 Å². The highest BCUT2D eigenvalue weighted by atomic mass is 16.5. The van der Waals surface area contributed by atoms with E-state index in [1.807, 2.05) is 42.5 Å². The summed E-state index contributed by atoms with van der Waals surface area (Å²) >= 11 is 0. The Morgan fingerprint density at radius 1 is 1.10 bits per heavy atom. The van der Waals surface area contributed by atoms with Crippen molar-refractivity contribution >= 4 is 5.91 Å². The average molecular weight is 285 g/mol. The van der Waals surface area contributed by atoms with Crippen molar-refractivity contribution < 1.29 is 14.6 Å². The molecule has 2 aromatic rings. The van der Waals surface area contributed by atoms with Crippen LogP contribution in [-0.4, -0.2) is 18.1 Å². The van der Waals surface area contributed by atoms with Crippen LogP contribution in [0.15, 0.2) is 48.5 Å². The Morgan fingerprint density at radius 3 is 2.48 bits per heavy atom. The molecule has 110 valence electrons.